The zero-order valence-electron chi connectivity index (χ0n) is 9.76. The lowest BCUT2D eigenvalue weighted by atomic mass is 10.2. The summed E-state index contributed by atoms with van der Waals surface area (Å²) >= 11 is 0. The molecule has 0 unspecified atom stereocenters. The summed E-state index contributed by atoms with van der Waals surface area (Å²) in [5.41, 5.74) is 0.478. The molecule has 1 heterocycles. The van der Waals surface area contributed by atoms with E-state index in [9.17, 15) is 14.0 Å². The van der Waals surface area contributed by atoms with Crippen molar-refractivity contribution in [3.05, 3.63) is 70.3 Å². The number of benzene rings is 2. The van der Waals surface area contributed by atoms with Gasteiger partial charge in [0, 0.05) is 5.56 Å². The molecule has 2 aromatic carbocycles. The maximum Gasteiger partial charge on any atom is 0.277 e. The molecule has 19 heavy (non-hydrogen) atoms. The summed E-state index contributed by atoms with van der Waals surface area (Å²) in [7, 11) is 0. The first-order valence-electron chi connectivity index (χ1n) is 5.67. The molecular formula is C14H9FN2O2. The lowest BCUT2D eigenvalue weighted by Gasteiger charge is -2.03. The summed E-state index contributed by atoms with van der Waals surface area (Å²) < 4.78 is 14.0. The largest absolute Gasteiger partial charge is 0.277 e. The zero-order chi connectivity index (χ0) is 13.4. The molecule has 0 saturated heterocycles. The molecule has 0 spiro atoms. The first-order valence-corrected chi connectivity index (χ1v) is 5.67. The average molecular weight is 256 g/mol. The number of rotatable bonds is 1. The van der Waals surface area contributed by atoms with Crippen LogP contribution in [0.15, 0.2) is 53.3 Å². The van der Waals surface area contributed by atoms with E-state index in [1.54, 1.807) is 24.3 Å². The summed E-state index contributed by atoms with van der Waals surface area (Å²) in [5.74, 6) is -0.819. The van der Waals surface area contributed by atoms with Gasteiger partial charge in [0.05, 0.1) is 10.9 Å². The van der Waals surface area contributed by atoms with Crippen LogP contribution in [-0.2, 0) is 0 Å². The van der Waals surface area contributed by atoms with Gasteiger partial charge in [0.25, 0.3) is 11.5 Å². The van der Waals surface area contributed by atoms with Crippen molar-refractivity contribution in [1.29, 1.82) is 0 Å². The number of fused-ring (bicyclic) bond motifs is 1. The van der Waals surface area contributed by atoms with Crippen LogP contribution < -0.4 is 5.56 Å². The van der Waals surface area contributed by atoms with Crippen LogP contribution in [0.4, 0.5) is 4.39 Å². The molecule has 3 aromatic rings. The van der Waals surface area contributed by atoms with Gasteiger partial charge in [-0.3, -0.25) is 14.7 Å². The van der Waals surface area contributed by atoms with Gasteiger partial charge in [-0.25, -0.2) is 9.07 Å². The number of nitrogens with zero attached hydrogens (tertiary/aromatic N) is 1. The second kappa shape index (κ2) is 4.20. The van der Waals surface area contributed by atoms with Gasteiger partial charge < -0.3 is 0 Å². The minimum absolute atomic E-state index is 0.304. The van der Waals surface area contributed by atoms with Crippen molar-refractivity contribution in [3.63, 3.8) is 0 Å². The zero-order valence-corrected chi connectivity index (χ0v) is 9.76. The number of para-hydroxylation sites is 1. The Labute approximate surface area is 107 Å². The molecule has 4 nitrogen and oxygen atoms in total. The van der Waals surface area contributed by atoms with Gasteiger partial charge in [-0.05, 0) is 36.4 Å². The minimum atomic E-state index is -0.414. The van der Waals surface area contributed by atoms with Gasteiger partial charge in [0.2, 0.25) is 0 Å². The first-order chi connectivity index (χ1) is 9.16. The molecule has 0 atom stereocenters. The maximum absolute atomic E-state index is 12.8. The van der Waals surface area contributed by atoms with Gasteiger partial charge in [-0.15, -0.1) is 0 Å². The average Bonchev–Trinajstić information content (AvgIpc) is 2.77. The molecule has 0 aliphatic heterocycles. The Morgan fingerprint density at radius 3 is 2.47 bits per heavy atom. The van der Waals surface area contributed by atoms with Crippen molar-refractivity contribution in [2.24, 2.45) is 0 Å². The summed E-state index contributed by atoms with van der Waals surface area (Å²) in [6.07, 6.45) is 0. The number of aromatic amines is 1. The third kappa shape index (κ3) is 1.85. The van der Waals surface area contributed by atoms with Crippen molar-refractivity contribution in [1.82, 2.24) is 9.78 Å². The lowest BCUT2D eigenvalue weighted by molar-refractivity contribution is 0.0950. The fraction of sp³-hybridized carbons (Fsp3) is 0. The summed E-state index contributed by atoms with van der Waals surface area (Å²) in [6.45, 7) is 0. The monoisotopic (exact) mass is 256 g/mol. The highest BCUT2D eigenvalue weighted by Crippen LogP contribution is 2.11. The first kappa shape index (κ1) is 11.4. The Bertz CT molecular complexity index is 815. The molecule has 94 valence electrons. The number of hydrogen-bond donors (Lipinski definition) is 1. The molecule has 1 N–H and O–H groups in total. The molecular weight excluding hydrogens is 247 g/mol. The second-order valence-electron chi connectivity index (χ2n) is 4.11. The van der Waals surface area contributed by atoms with Gasteiger partial charge in [0.15, 0.2) is 0 Å². The predicted molar refractivity (Wildman–Crippen MR) is 68.7 cm³/mol. The Hall–Kier alpha value is -2.69. The van der Waals surface area contributed by atoms with E-state index >= 15 is 0 Å². The van der Waals surface area contributed by atoms with Crippen molar-refractivity contribution in [2.45, 2.75) is 0 Å². The van der Waals surface area contributed by atoms with Crippen LogP contribution >= 0.6 is 0 Å². The molecule has 0 amide bonds. The van der Waals surface area contributed by atoms with E-state index in [1.807, 2.05) is 0 Å². The molecule has 0 fully saturated rings. The third-order valence-electron chi connectivity index (χ3n) is 2.90. The fourth-order valence-electron chi connectivity index (χ4n) is 1.96. The molecule has 1 aromatic heterocycles. The highest BCUT2D eigenvalue weighted by atomic mass is 19.1. The van der Waals surface area contributed by atoms with Crippen molar-refractivity contribution in [3.8, 4) is 0 Å². The number of carbonyl (C=O) groups excluding carboxylic acids is 1. The van der Waals surface area contributed by atoms with E-state index in [2.05, 4.69) is 5.10 Å². The predicted octanol–water partition coefficient (Wildman–Crippen LogP) is 2.16. The number of carbonyl (C=O) groups is 1. The van der Waals surface area contributed by atoms with E-state index in [1.165, 1.54) is 28.9 Å². The quantitative estimate of drug-likeness (QED) is 0.725. The molecule has 5 heteroatoms. The Balaban J connectivity index is 2.17. The molecule has 3 rings (SSSR count). The van der Waals surface area contributed by atoms with Crippen molar-refractivity contribution in [2.75, 3.05) is 0 Å². The van der Waals surface area contributed by atoms with Crippen molar-refractivity contribution >= 4 is 16.8 Å². The van der Waals surface area contributed by atoms with Crippen LogP contribution in [0.2, 0.25) is 0 Å². The molecule has 0 aliphatic rings. The van der Waals surface area contributed by atoms with Crippen LogP contribution in [0.3, 0.4) is 0 Å². The van der Waals surface area contributed by atoms with Crippen molar-refractivity contribution < 1.29 is 9.18 Å². The van der Waals surface area contributed by atoms with E-state index in [4.69, 9.17) is 0 Å². The Kier molecular flexibility index (Phi) is 2.52. The normalized spacial score (nSPS) is 10.8. The van der Waals surface area contributed by atoms with Crippen LogP contribution in [0.25, 0.3) is 10.9 Å². The van der Waals surface area contributed by atoms with Crippen LogP contribution in [0.5, 0.6) is 0 Å². The Morgan fingerprint density at radius 2 is 1.74 bits per heavy atom. The molecule has 0 bridgehead atoms. The van der Waals surface area contributed by atoms with Crippen LogP contribution in [-0.4, -0.2) is 15.7 Å². The summed E-state index contributed by atoms with van der Waals surface area (Å²) in [6, 6.07) is 12.0. The van der Waals surface area contributed by atoms with Gasteiger partial charge in [0.1, 0.15) is 5.82 Å². The smallest absolute Gasteiger partial charge is 0.267 e. The number of halogens is 1. The fourth-order valence-corrected chi connectivity index (χ4v) is 1.96. The standard InChI is InChI=1S/C14H9FN2O2/c15-10-7-5-9(6-8-10)14(19)17-12-4-2-1-3-11(12)13(18)16-17/h1-8H,(H,16,18). The maximum atomic E-state index is 12.8. The minimum Gasteiger partial charge on any atom is -0.267 e. The topological polar surface area (TPSA) is 54.9 Å². The van der Waals surface area contributed by atoms with E-state index < -0.39 is 11.7 Å². The van der Waals surface area contributed by atoms with Crippen LogP contribution in [0.1, 0.15) is 10.4 Å². The van der Waals surface area contributed by atoms with Crippen LogP contribution in [0, 0.1) is 5.82 Å². The molecule has 0 saturated carbocycles. The highest BCUT2D eigenvalue weighted by Gasteiger charge is 2.13. The van der Waals surface area contributed by atoms with E-state index in [0.29, 0.717) is 16.5 Å². The highest BCUT2D eigenvalue weighted by molar-refractivity contribution is 6.00. The SMILES string of the molecule is O=C(c1ccc(F)cc1)n1[nH]c(=O)c2ccccc21. The molecule has 0 aliphatic carbocycles. The van der Waals surface area contributed by atoms with E-state index in [0.717, 1.165) is 0 Å². The second-order valence-corrected chi connectivity index (χ2v) is 4.11. The van der Waals surface area contributed by atoms with Gasteiger partial charge >= 0.3 is 0 Å². The van der Waals surface area contributed by atoms with Gasteiger partial charge in [-0.1, -0.05) is 12.1 Å². The van der Waals surface area contributed by atoms with Gasteiger partial charge in [-0.2, -0.15) is 0 Å². The summed E-state index contributed by atoms with van der Waals surface area (Å²) in [5, 5.41) is 2.93. The lowest BCUT2D eigenvalue weighted by Crippen LogP contribution is -2.16. The number of nitrogens with one attached hydrogen (secondary N) is 1. The third-order valence-corrected chi connectivity index (χ3v) is 2.90. The molecule has 0 radical (unpaired) electrons. The number of H-pyrrole nitrogens is 1. The number of aromatic nitrogens is 2. The Morgan fingerprint density at radius 1 is 1.05 bits per heavy atom. The summed E-state index contributed by atoms with van der Waals surface area (Å²) in [4.78, 5) is 24.0. The van der Waals surface area contributed by atoms with E-state index in [-0.39, 0.29) is 5.56 Å². The number of hydrogen-bond acceptors (Lipinski definition) is 2.